The van der Waals surface area contributed by atoms with Crippen LogP contribution in [0, 0.1) is 0 Å². The molecule has 0 spiro atoms. The summed E-state index contributed by atoms with van der Waals surface area (Å²) in [5.74, 6) is -1.49. The largest absolute Gasteiger partial charge is 0.345 e. The molecule has 1 unspecified atom stereocenters. The lowest BCUT2D eigenvalue weighted by atomic mass is 10.0. The quantitative estimate of drug-likeness (QED) is 0.830. The van der Waals surface area contributed by atoms with Gasteiger partial charge in [-0.25, -0.2) is 0 Å². The zero-order valence-corrected chi connectivity index (χ0v) is 16.2. The fraction of sp³-hybridized carbons (Fsp3) is 0.318. The lowest BCUT2D eigenvalue weighted by Gasteiger charge is -2.24. The summed E-state index contributed by atoms with van der Waals surface area (Å²) in [4.78, 5) is 40.8. The van der Waals surface area contributed by atoms with Crippen molar-refractivity contribution in [3.63, 3.8) is 0 Å². The topological polar surface area (TPSA) is 69.7 Å². The predicted molar refractivity (Wildman–Crippen MR) is 108 cm³/mol. The summed E-state index contributed by atoms with van der Waals surface area (Å²) in [7, 11) is 3.29. The van der Waals surface area contributed by atoms with Crippen LogP contribution in [0.5, 0.6) is 0 Å². The van der Waals surface area contributed by atoms with Crippen molar-refractivity contribution in [2.45, 2.75) is 25.3 Å². The Morgan fingerprint density at radius 2 is 1.71 bits per heavy atom. The molecule has 1 atom stereocenters. The van der Waals surface area contributed by atoms with Gasteiger partial charge in [0.25, 0.3) is 5.91 Å². The summed E-state index contributed by atoms with van der Waals surface area (Å²) >= 11 is 0. The summed E-state index contributed by atoms with van der Waals surface area (Å²) in [6.07, 6.45) is 2.49. The molecule has 2 aromatic carbocycles. The highest BCUT2D eigenvalue weighted by Crippen LogP contribution is 2.22. The number of anilines is 1. The summed E-state index contributed by atoms with van der Waals surface area (Å²) in [6, 6.07) is 16.7. The van der Waals surface area contributed by atoms with Gasteiger partial charge >= 0.3 is 11.8 Å². The molecule has 28 heavy (non-hydrogen) atoms. The number of rotatable bonds is 4. The minimum absolute atomic E-state index is 0.0132. The molecule has 0 aliphatic carbocycles. The first kappa shape index (κ1) is 19.6. The first-order valence-electron chi connectivity index (χ1n) is 9.44. The Labute approximate surface area is 165 Å². The van der Waals surface area contributed by atoms with Gasteiger partial charge in [-0.2, -0.15) is 0 Å². The number of hydrogen-bond donors (Lipinski definition) is 1. The molecule has 1 aliphatic rings. The molecule has 146 valence electrons. The zero-order valence-electron chi connectivity index (χ0n) is 16.2. The van der Waals surface area contributed by atoms with Gasteiger partial charge in [-0.05, 0) is 37.0 Å². The molecule has 6 nitrogen and oxygen atoms in total. The van der Waals surface area contributed by atoms with Crippen LogP contribution in [0.1, 0.15) is 28.8 Å². The molecule has 1 N–H and O–H groups in total. The van der Waals surface area contributed by atoms with Gasteiger partial charge in [-0.1, -0.05) is 42.5 Å². The summed E-state index contributed by atoms with van der Waals surface area (Å²) < 4.78 is 0. The highest BCUT2D eigenvalue weighted by atomic mass is 16.2. The number of likely N-dealkylation sites (tertiary alicyclic amines) is 1. The van der Waals surface area contributed by atoms with E-state index in [1.54, 1.807) is 43.3 Å². The van der Waals surface area contributed by atoms with Gasteiger partial charge in [0.2, 0.25) is 0 Å². The number of amides is 3. The molecule has 3 amide bonds. The lowest BCUT2D eigenvalue weighted by Crippen LogP contribution is -2.43. The Morgan fingerprint density at radius 1 is 1.04 bits per heavy atom. The standard InChI is InChI=1S/C22H25N3O3/c1-24(2)21(27)18-12-6-7-13-19(18)23-20(26)22(28)25-14-8-11-17(25)15-16-9-4-3-5-10-16/h3-7,9-10,12-13,17H,8,11,14-15H2,1-2H3,(H,23,26). The van der Waals surface area contributed by atoms with Gasteiger partial charge in [-0.3, -0.25) is 14.4 Å². The van der Waals surface area contributed by atoms with E-state index >= 15 is 0 Å². The van der Waals surface area contributed by atoms with Crippen LogP contribution in [0.4, 0.5) is 5.69 Å². The Hall–Kier alpha value is -3.15. The van der Waals surface area contributed by atoms with E-state index in [9.17, 15) is 14.4 Å². The fourth-order valence-corrected chi connectivity index (χ4v) is 3.53. The minimum Gasteiger partial charge on any atom is -0.345 e. The SMILES string of the molecule is CN(C)C(=O)c1ccccc1NC(=O)C(=O)N1CCCC1Cc1ccccc1. The van der Waals surface area contributed by atoms with Gasteiger partial charge in [0.15, 0.2) is 0 Å². The van der Waals surface area contributed by atoms with Gasteiger partial charge in [0, 0.05) is 26.7 Å². The van der Waals surface area contributed by atoms with Crippen LogP contribution in [0.25, 0.3) is 0 Å². The average Bonchev–Trinajstić information content (AvgIpc) is 3.16. The maximum Gasteiger partial charge on any atom is 0.313 e. The molecular formula is C22H25N3O3. The Balaban J connectivity index is 1.71. The number of benzene rings is 2. The van der Waals surface area contributed by atoms with E-state index in [1.807, 2.05) is 30.3 Å². The number of nitrogens with zero attached hydrogens (tertiary/aromatic N) is 2. The van der Waals surface area contributed by atoms with E-state index in [0.29, 0.717) is 17.8 Å². The van der Waals surface area contributed by atoms with Crippen molar-refractivity contribution in [1.29, 1.82) is 0 Å². The van der Waals surface area contributed by atoms with Crippen molar-refractivity contribution >= 4 is 23.4 Å². The normalized spacial score (nSPS) is 15.9. The van der Waals surface area contributed by atoms with Crippen LogP contribution in [0.2, 0.25) is 0 Å². The van der Waals surface area contributed by atoms with Gasteiger partial charge < -0.3 is 15.1 Å². The molecule has 2 aromatic rings. The van der Waals surface area contributed by atoms with Gasteiger partial charge in [0.1, 0.15) is 0 Å². The number of nitrogens with one attached hydrogen (secondary N) is 1. The predicted octanol–water partition coefficient (Wildman–Crippen LogP) is 2.56. The monoisotopic (exact) mass is 379 g/mol. The van der Waals surface area contributed by atoms with Crippen molar-refractivity contribution < 1.29 is 14.4 Å². The second kappa shape index (κ2) is 8.69. The maximum atomic E-state index is 12.8. The zero-order chi connectivity index (χ0) is 20.1. The molecule has 0 saturated carbocycles. The third-order valence-corrected chi connectivity index (χ3v) is 4.96. The van der Waals surface area contributed by atoms with Crippen LogP contribution in [-0.2, 0) is 16.0 Å². The van der Waals surface area contributed by atoms with E-state index in [1.165, 1.54) is 4.90 Å². The van der Waals surface area contributed by atoms with Crippen molar-refractivity contribution in [1.82, 2.24) is 9.80 Å². The molecule has 3 rings (SSSR count). The van der Waals surface area contributed by atoms with E-state index < -0.39 is 11.8 Å². The summed E-state index contributed by atoms with van der Waals surface area (Å²) in [6.45, 7) is 0.571. The Kier molecular flexibility index (Phi) is 6.09. The fourth-order valence-electron chi connectivity index (χ4n) is 3.53. The van der Waals surface area contributed by atoms with Crippen LogP contribution >= 0.6 is 0 Å². The van der Waals surface area contributed by atoms with Crippen molar-refractivity contribution in [2.24, 2.45) is 0 Å². The van der Waals surface area contributed by atoms with E-state index in [0.717, 1.165) is 24.8 Å². The third kappa shape index (κ3) is 4.39. The molecule has 1 saturated heterocycles. The van der Waals surface area contributed by atoms with Gasteiger partial charge in [-0.15, -0.1) is 0 Å². The lowest BCUT2D eigenvalue weighted by molar-refractivity contribution is -0.143. The molecule has 0 radical (unpaired) electrons. The van der Waals surface area contributed by atoms with Crippen LogP contribution in [0.15, 0.2) is 54.6 Å². The molecule has 0 aromatic heterocycles. The number of carbonyl (C=O) groups is 3. The smallest absolute Gasteiger partial charge is 0.313 e. The molecule has 1 heterocycles. The average molecular weight is 379 g/mol. The minimum atomic E-state index is -0.709. The van der Waals surface area contributed by atoms with Crippen molar-refractivity contribution in [2.75, 3.05) is 26.0 Å². The molecule has 1 aliphatic heterocycles. The number of carbonyl (C=O) groups excluding carboxylic acids is 3. The molecular weight excluding hydrogens is 354 g/mol. The van der Waals surface area contributed by atoms with E-state index in [-0.39, 0.29) is 11.9 Å². The van der Waals surface area contributed by atoms with Crippen LogP contribution < -0.4 is 5.32 Å². The van der Waals surface area contributed by atoms with Gasteiger partial charge in [0.05, 0.1) is 11.3 Å². The van der Waals surface area contributed by atoms with E-state index in [2.05, 4.69) is 5.32 Å². The summed E-state index contributed by atoms with van der Waals surface area (Å²) in [5, 5.41) is 2.63. The van der Waals surface area contributed by atoms with E-state index in [4.69, 9.17) is 0 Å². The second-order valence-electron chi connectivity index (χ2n) is 7.18. The maximum absolute atomic E-state index is 12.8. The van der Waals surface area contributed by atoms with Crippen molar-refractivity contribution in [3.8, 4) is 0 Å². The molecule has 1 fully saturated rings. The Morgan fingerprint density at radius 3 is 2.43 bits per heavy atom. The van der Waals surface area contributed by atoms with Crippen LogP contribution in [0.3, 0.4) is 0 Å². The Bertz CT molecular complexity index is 864. The first-order chi connectivity index (χ1) is 13.5. The second-order valence-corrected chi connectivity index (χ2v) is 7.18. The highest BCUT2D eigenvalue weighted by molar-refractivity contribution is 6.40. The molecule has 0 bridgehead atoms. The first-order valence-corrected chi connectivity index (χ1v) is 9.44. The number of hydrogen-bond acceptors (Lipinski definition) is 3. The highest BCUT2D eigenvalue weighted by Gasteiger charge is 2.33. The van der Waals surface area contributed by atoms with Crippen LogP contribution in [-0.4, -0.2) is 54.2 Å². The number of para-hydroxylation sites is 1. The third-order valence-electron chi connectivity index (χ3n) is 4.96. The van der Waals surface area contributed by atoms with Crippen molar-refractivity contribution in [3.05, 3.63) is 65.7 Å². The summed E-state index contributed by atoms with van der Waals surface area (Å²) in [5.41, 5.74) is 1.85. The molecule has 6 heteroatoms.